The van der Waals surface area contributed by atoms with E-state index in [4.69, 9.17) is 11.6 Å². The molecular weight excluding hydrogens is 410 g/mol. The molecule has 2 amide bonds. The number of rotatable bonds is 3. The zero-order valence-corrected chi connectivity index (χ0v) is 18.8. The second-order valence-electron chi connectivity index (χ2n) is 7.94. The van der Waals surface area contributed by atoms with Crippen LogP contribution in [0.2, 0.25) is 5.02 Å². The van der Waals surface area contributed by atoms with Gasteiger partial charge in [0.15, 0.2) is 5.82 Å². The number of urea groups is 1. The van der Waals surface area contributed by atoms with Crippen molar-refractivity contribution >= 4 is 29.1 Å². The van der Waals surface area contributed by atoms with Crippen LogP contribution >= 0.6 is 11.6 Å². The maximum atomic E-state index is 12.6. The van der Waals surface area contributed by atoms with Crippen molar-refractivity contribution in [2.75, 3.05) is 36.4 Å². The lowest BCUT2D eigenvalue weighted by molar-refractivity contribution is 0.208. The van der Waals surface area contributed by atoms with Crippen molar-refractivity contribution < 1.29 is 4.79 Å². The minimum Gasteiger partial charge on any atom is -0.352 e. The zero-order valence-electron chi connectivity index (χ0n) is 18.0. The van der Waals surface area contributed by atoms with Crippen LogP contribution in [0.15, 0.2) is 48.5 Å². The molecule has 0 unspecified atom stereocenters. The molecule has 0 atom stereocenters. The average molecular weight is 436 g/mol. The minimum absolute atomic E-state index is 0.115. The molecule has 7 heteroatoms. The summed E-state index contributed by atoms with van der Waals surface area (Å²) in [5, 5.41) is 12.4. The quantitative estimate of drug-likeness (QED) is 0.623. The summed E-state index contributed by atoms with van der Waals surface area (Å²) in [6, 6.07) is 15.7. The molecule has 1 aliphatic heterocycles. The number of aryl methyl sites for hydroxylation is 3. The Kier molecular flexibility index (Phi) is 6.09. The van der Waals surface area contributed by atoms with Gasteiger partial charge in [0.2, 0.25) is 0 Å². The molecule has 6 nitrogen and oxygen atoms in total. The Labute approximate surface area is 187 Å². The van der Waals surface area contributed by atoms with E-state index in [0.29, 0.717) is 36.9 Å². The van der Waals surface area contributed by atoms with Crippen LogP contribution in [0, 0.1) is 20.8 Å². The van der Waals surface area contributed by atoms with Gasteiger partial charge >= 0.3 is 6.03 Å². The number of carbonyl (C=O) groups is 1. The number of amides is 2. The molecule has 1 saturated heterocycles. The lowest BCUT2D eigenvalue weighted by atomic mass is 10.0. The summed E-state index contributed by atoms with van der Waals surface area (Å²) in [6.45, 7) is 8.79. The number of hydrogen-bond donors (Lipinski definition) is 1. The highest BCUT2D eigenvalue weighted by Crippen LogP contribution is 2.23. The van der Waals surface area contributed by atoms with Gasteiger partial charge in [0.25, 0.3) is 0 Å². The molecule has 1 fully saturated rings. The summed E-state index contributed by atoms with van der Waals surface area (Å²) in [4.78, 5) is 16.5. The lowest BCUT2D eigenvalue weighted by Gasteiger charge is -2.35. The SMILES string of the molecule is Cc1ccc(-c2ccc(N3CCN(C(=O)Nc4ccc(C)c(Cl)c4)CC3)nn2)cc1C. The van der Waals surface area contributed by atoms with E-state index in [1.807, 2.05) is 31.2 Å². The van der Waals surface area contributed by atoms with Crippen LogP contribution in [0.1, 0.15) is 16.7 Å². The molecule has 3 aromatic rings. The van der Waals surface area contributed by atoms with E-state index in [1.54, 1.807) is 11.0 Å². The third kappa shape index (κ3) is 4.80. The molecule has 0 spiro atoms. The first-order chi connectivity index (χ1) is 14.9. The van der Waals surface area contributed by atoms with Gasteiger partial charge in [0.05, 0.1) is 5.69 Å². The standard InChI is InChI=1S/C24H26ClN5O/c1-16-4-6-19(14-18(16)3)22-8-9-23(28-27-22)29-10-12-30(13-11-29)24(31)26-20-7-5-17(2)21(25)15-20/h4-9,14-15H,10-13H2,1-3H3,(H,26,31). The summed E-state index contributed by atoms with van der Waals surface area (Å²) in [6.07, 6.45) is 0. The summed E-state index contributed by atoms with van der Waals surface area (Å²) in [5.41, 5.74) is 6.13. The van der Waals surface area contributed by atoms with Crippen molar-refractivity contribution in [3.05, 3.63) is 70.2 Å². The summed E-state index contributed by atoms with van der Waals surface area (Å²) in [5.74, 6) is 0.831. The van der Waals surface area contributed by atoms with Gasteiger partial charge < -0.3 is 15.1 Å². The van der Waals surface area contributed by atoms with Crippen molar-refractivity contribution in [2.24, 2.45) is 0 Å². The molecule has 2 aromatic carbocycles. The number of nitrogens with one attached hydrogen (secondary N) is 1. The van der Waals surface area contributed by atoms with Gasteiger partial charge in [0.1, 0.15) is 0 Å². The van der Waals surface area contributed by atoms with Crippen LogP contribution < -0.4 is 10.2 Å². The molecular formula is C24H26ClN5O. The largest absolute Gasteiger partial charge is 0.352 e. The van der Waals surface area contributed by atoms with Gasteiger partial charge in [-0.05, 0) is 67.8 Å². The van der Waals surface area contributed by atoms with Crippen molar-refractivity contribution in [1.29, 1.82) is 0 Å². The van der Waals surface area contributed by atoms with Crippen LogP contribution in [0.5, 0.6) is 0 Å². The van der Waals surface area contributed by atoms with E-state index in [2.05, 4.69) is 52.5 Å². The molecule has 4 rings (SSSR count). The van der Waals surface area contributed by atoms with Crippen molar-refractivity contribution in [2.45, 2.75) is 20.8 Å². The fourth-order valence-electron chi connectivity index (χ4n) is 3.56. The van der Waals surface area contributed by atoms with E-state index in [9.17, 15) is 4.79 Å². The number of benzene rings is 2. The van der Waals surface area contributed by atoms with E-state index in [0.717, 1.165) is 22.6 Å². The number of carbonyl (C=O) groups excluding carboxylic acids is 1. The van der Waals surface area contributed by atoms with Crippen molar-refractivity contribution in [3.63, 3.8) is 0 Å². The van der Waals surface area contributed by atoms with Crippen LogP contribution in [0.4, 0.5) is 16.3 Å². The number of aromatic nitrogens is 2. The smallest absolute Gasteiger partial charge is 0.321 e. The Balaban J connectivity index is 1.35. The molecule has 0 radical (unpaired) electrons. The summed E-state index contributed by atoms with van der Waals surface area (Å²) < 4.78 is 0. The predicted octanol–water partition coefficient (Wildman–Crippen LogP) is 5.08. The predicted molar refractivity (Wildman–Crippen MR) is 126 cm³/mol. The molecule has 1 N–H and O–H groups in total. The Bertz CT molecular complexity index is 1090. The molecule has 31 heavy (non-hydrogen) atoms. The molecule has 0 bridgehead atoms. The molecule has 0 saturated carbocycles. The van der Waals surface area contributed by atoms with Gasteiger partial charge in [-0.3, -0.25) is 0 Å². The molecule has 2 heterocycles. The third-order valence-corrected chi connectivity index (χ3v) is 6.17. The Morgan fingerprint density at radius 2 is 1.61 bits per heavy atom. The van der Waals surface area contributed by atoms with E-state index < -0.39 is 0 Å². The second-order valence-corrected chi connectivity index (χ2v) is 8.35. The van der Waals surface area contributed by atoms with Crippen molar-refractivity contribution in [1.82, 2.24) is 15.1 Å². The molecule has 1 aromatic heterocycles. The maximum absolute atomic E-state index is 12.6. The number of piperazine rings is 1. The summed E-state index contributed by atoms with van der Waals surface area (Å²) in [7, 11) is 0. The van der Waals surface area contributed by atoms with Crippen LogP contribution in [-0.4, -0.2) is 47.3 Å². The van der Waals surface area contributed by atoms with Gasteiger partial charge in [0, 0.05) is 42.5 Å². The Morgan fingerprint density at radius 3 is 2.26 bits per heavy atom. The highest BCUT2D eigenvalue weighted by atomic mass is 35.5. The normalized spacial score (nSPS) is 13.9. The van der Waals surface area contributed by atoms with Crippen LogP contribution in [-0.2, 0) is 0 Å². The third-order valence-electron chi connectivity index (χ3n) is 5.77. The number of nitrogens with zero attached hydrogens (tertiary/aromatic N) is 4. The molecule has 0 aliphatic carbocycles. The average Bonchev–Trinajstić information content (AvgIpc) is 2.78. The topological polar surface area (TPSA) is 61.4 Å². The van der Waals surface area contributed by atoms with E-state index in [-0.39, 0.29) is 6.03 Å². The van der Waals surface area contributed by atoms with Gasteiger partial charge in [-0.25, -0.2) is 4.79 Å². The molecule has 160 valence electrons. The summed E-state index contributed by atoms with van der Waals surface area (Å²) >= 11 is 6.15. The lowest BCUT2D eigenvalue weighted by Crippen LogP contribution is -2.50. The minimum atomic E-state index is -0.115. The van der Waals surface area contributed by atoms with Crippen LogP contribution in [0.25, 0.3) is 11.3 Å². The van der Waals surface area contributed by atoms with Gasteiger partial charge in [-0.15, -0.1) is 10.2 Å². The number of anilines is 2. The second kappa shape index (κ2) is 8.94. The first-order valence-corrected chi connectivity index (χ1v) is 10.8. The fraction of sp³-hybridized carbons (Fsp3) is 0.292. The highest BCUT2D eigenvalue weighted by Gasteiger charge is 2.22. The van der Waals surface area contributed by atoms with E-state index >= 15 is 0 Å². The first-order valence-electron chi connectivity index (χ1n) is 10.4. The highest BCUT2D eigenvalue weighted by molar-refractivity contribution is 6.31. The number of halogens is 1. The Morgan fingerprint density at radius 1 is 0.871 bits per heavy atom. The van der Waals surface area contributed by atoms with Gasteiger partial charge in [-0.1, -0.05) is 29.8 Å². The number of hydrogen-bond acceptors (Lipinski definition) is 4. The van der Waals surface area contributed by atoms with Crippen LogP contribution in [0.3, 0.4) is 0 Å². The van der Waals surface area contributed by atoms with Crippen molar-refractivity contribution in [3.8, 4) is 11.3 Å². The fourth-order valence-corrected chi connectivity index (χ4v) is 3.74. The maximum Gasteiger partial charge on any atom is 0.321 e. The molecule has 1 aliphatic rings. The first kappa shape index (κ1) is 21.1. The van der Waals surface area contributed by atoms with E-state index in [1.165, 1.54) is 11.1 Å². The Hall–Kier alpha value is -3.12. The monoisotopic (exact) mass is 435 g/mol. The zero-order chi connectivity index (χ0) is 22.0. The van der Waals surface area contributed by atoms with Gasteiger partial charge in [-0.2, -0.15) is 0 Å².